The topological polar surface area (TPSA) is 73.2 Å². The summed E-state index contributed by atoms with van der Waals surface area (Å²) in [4.78, 5) is 30.8. The Labute approximate surface area is 203 Å². The van der Waals surface area contributed by atoms with Crippen molar-refractivity contribution < 1.29 is 9.53 Å². The molecule has 0 saturated heterocycles. The van der Waals surface area contributed by atoms with E-state index in [2.05, 4.69) is 5.32 Å². The Morgan fingerprint density at radius 1 is 1.06 bits per heavy atom. The third-order valence-electron chi connectivity index (χ3n) is 5.59. The quantitative estimate of drug-likeness (QED) is 0.302. The van der Waals surface area contributed by atoms with Gasteiger partial charge in [0.05, 0.1) is 29.5 Å². The van der Waals surface area contributed by atoms with E-state index >= 15 is 0 Å². The first-order chi connectivity index (χ1) is 16.5. The summed E-state index contributed by atoms with van der Waals surface area (Å²) in [6.07, 6.45) is 0.668. The number of carbonyl (C=O) groups excluding carboxylic acids is 1. The van der Waals surface area contributed by atoms with Crippen LogP contribution in [0.25, 0.3) is 16.6 Å². The maximum atomic E-state index is 13.4. The number of thioether (sulfide) groups is 1. The Kier molecular flexibility index (Phi) is 7.33. The first-order valence-corrected chi connectivity index (χ1v) is 12.1. The van der Waals surface area contributed by atoms with Crippen LogP contribution in [0.15, 0.2) is 76.7 Å². The van der Waals surface area contributed by atoms with Crippen molar-refractivity contribution in [2.75, 3.05) is 19.4 Å². The van der Waals surface area contributed by atoms with Crippen LogP contribution in [0.5, 0.6) is 5.75 Å². The molecule has 0 spiro atoms. The van der Waals surface area contributed by atoms with Gasteiger partial charge in [-0.3, -0.25) is 14.2 Å². The van der Waals surface area contributed by atoms with Crippen LogP contribution in [0, 0.1) is 13.8 Å². The predicted octanol–water partition coefficient (Wildman–Crippen LogP) is 4.46. The summed E-state index contributed by atoms with van der Waals surface area (Å²) in [6.45, 7) is 4.45. The highest BCUT2D eigenvalue weighted by Gasteiger charge is 2.16. The molecule has 4 rings (SSSR count). The van der Waals surface area contributed by atoms with E-state index < -0.39 is 0 Å². The zero-order valence-electron chi connectivity index (χ0n) is 19.5. The van der Waals surface area contributed by atoms with E-state index in [1.165, 1.54) is 11.8 Å². The average Bonchev–Trinajstić information content (AvgIpc) is 2.85. The van der Waals surface area contributed by atoms with E-state index in [9.17, 15) is 9.59 Å². The number of methoxy groups -OCH3 is 1. The molecule has 1 heterocycles. The van der Waals surface area contributed by atoms with Gasteiger partial charge in [-0.2, -0.15) is 0 Å². The molecular formula is C27H27N3O3S. The monoisotopic (exact) mass is 473 g/mol. The summed E-state index contributed by atoms with van der Waals surface area (Å²) in [6, 6.07) is 21.0. The van der Waals surface area contributed by atoms with Crippen LogP contribution in [0.3, 0.4) is 0 Å². The average molecular weight is 474 g/mol. The van der Waals surface area contributed by atoms with Crippen molar-refractivity contribution in [2.45, 2.75) is 25.4 Å². The largest absolute Gasteiger partial charge is 0.496 e. The molecule has 0 atom stereocenters. The van der Waals surface area contributed by atoms with Gasteiger partial charge in [0.2, 0.25) is 5.91 Å². The molecule has 0 aliphatic carbocycles. The van der Waals surface area contributed by atoms with Crippen LogP contribution in [-0.4, -0.2) is 34.9 Å². The van der Waals surface area contributed by atoms with Crippen LogP contribution in [0.2, 0.25) is 0 Å². The van der Waals surface area contributed by atoms with E-state index in [0.29, 0.717) is 29.0 Å². The molecule has 3 aromatic carbocycles. The Hall–Kier alpha value is -3.58. The predicted molar refractivity (Wildman–Crippen MR) is 137 cm³/mol. The normalized spacial score (nSPS) is 10.9. The Balaban J connectivity index is 1.55. The molecule has 1 aromatic heterocycles. The molecule has 34 heavy (non-hydrogen) atoms. The van der Waals surface area contributed by atoms with Crippen molar-refractivity contribution in [1.82, 2.24) is 14.9 Å². The summed E-state index contributed by atoms with van der Waals surface area (Å²) in [5.74, 6) is 0.848. The third kappa shape index (κ3) is 5.15. The number of amides is 1. The second kappa shape index (κ2) is 10.6. The molecule has 0 aliphatic rings. The number of para-hydroxylation sites is 2. The summed E-state index contributed by atoms with van der Waals surface area (Å²) < 4.78 is 6.99. The lowest BCUT2D eigenvalue weighted by Crippen LogP contribution is -2.28. The van der Waals surface area contributed by atoms with Gasteiger partial charge in [0.15, 0.2) is 5.16 Å². The number of carbonyl (C=O) groups is 1. The van der Waals surface area contributed by atoms with Crippen molar-refractivity contribution in [3.05, 3.63) is 93.8 Å². The van der Waals surface area contributed by atoms with Gasteiger partial charge in [0.25, 0.3) is 5.56 Å². The van der Waals surface area contributed by atoms with Crippen molar-refractivity contribution in [1.29, 1.82) is 0 Å². The lowest BCUT2D eigenvalue weighted by Gasteiger charge is -2.16. The fraction of sp³-hybridized carbons (Fsp3) is 0.222. The van der Waals surface area contributed by atoms with Crippen molar-refractivity contribution in [3.8, 4) is 11.4 Å². The zero-order valence-corrected chi connectivity index (χ0v) is 20.3. The fourth-order valence-electron chi connectivity index (χ4n) is 3.81. The molecule has 174 valence electrons. The van der Waals surface area contributed by atoms with Gasteiger partial charge in [-0.25, -0.2) is 4.98 Å². The number of nitrogens with zero attached hydrogens (tertiary/aromatic N) is 2. The van der Waals surface area contributed by atoms with E-state index in [4.69, 9.17) is 9.72 Å². The molecule has 7 heteroatoms. The molecule has 0 unspecified atom stereocenters. The second-order valence-electron chi connectivity index (χ2n) is 8.04. The summed E-state index contributed by atoms with van der Waals surface area (Å²) in [5, 5.41) is 4.00. The van der Waals surface area contributed by atoms with Gasteiger partial charge in [-0.15, -0.1) is 0 Å². The highest BCUT2D eigenvalue weighted by atomic mass is 32.2. The van der Waals surface area contributed by atoms with Gasteiger partial charge in [0, 0.05) is 6.54 Å². The molecule has 1 amide bonds. The van der Waals surface area contributed by atoms with Crippen LogP contribution in [0.4, 0.5) is 0 Å². The molecule has 0 aliphatic heterocycles. The molecule has 1 N–H and O–H groups in total. The Morgan fingerprint density at radius 3 is 2.65 bits per heavy atom. The number of rotatable bonds is 8. The maximum Gasteiger partial charge on any atom is 0.266 e. The lowest BCUT2D eigenvalue weighted by atomic mass is 10.1. The van der Waals surface area contributed by atoms with Crippen molar-refractivity contribution >= 4 is 28.6 Å². The highest BCUT2D eigenvalue weighted by Crippen LogP contribution is 2.24. The van der Waals surface area contributed by atoms with Gasteiger partial charge < -0.3 is 10.1 Å². The maximum absolute atomic E-state index is 13.4. The Morgan fingerprint density at radius 2 is 1.82 bits per heavy atom. The number of benzene rings is 3. The smallest absolute Gasteiger partial charge is 0.266 e. The fourth-order valence-corrected chi connectivity index (χ4v) is 4.64. The molecule has 0 fully saturated rings. The lowest BCUT2D eigenvalue weighted by molar-refractivity contribution is -0.118. The van der Waals surface area contributed by atoms with E-state index in [1.54, 1.807) is 17.7 Å². The van der Waals surface area contributed by atoms with Gasteiger partial charge in [0.1, 0.15) is 5.75 Å². The SMILES string of the molecule is COc1ccccc1CCNC(=O)CSc1nc2ccccc2c(=O)n1-c1cc(C)ccc1C. The molecule has 4 aromatic rings. The van der Waals surface area contributed by atoms with E-state index in [0.717, 1.165) is 28.1 Å². The minimum atomic E-state index is -0.140. The Bertz CT molecular complexity index is 1400. The summed E-state index contributed by atoms with van der Waals surface area (Å²) >= 11 is 1.26. The van der Waals surface area contributed by atoms with Crippen LogP contribution < -0.4 is 15.6 Å². The summed E-state index contributed by atoms with van der Waals surface area (Å²) in [5.41, 5.74) is 4.31. The van der Waals surface area contributed by atoms with Crippen molar-refractivity contribution in [2.24, 2.45) is 0 Å². The summed E-state index contributed by atoms with van der Waals surface area (Å²) in [7, 11) is 1.64. The molecule has 0 saturated carbocycles. The first-order valence-electron chi connectivity index (χ1n) is 11.1. The standard InChI is InChI=1S/C27H27N3O3S/c1-18-12-13-19(2)23(16-18)30-26(32)21-9-5-6-10-22(21)29-27(30)34-17-25(31)28-15-14-20-8-4-7-11-24(20)33-3/h4-13,16H,14-15,17H2,1-3H3,(H,28,31). The second-order valence-corrected chi connectivity index (χ2v) is 8.99. The number of aryl methyl sites for hydroxylation is 2. The van der Waals surface area contributed by atoms with Gasteiger partial charge >= 0.3 is 0 Å². The van der Waals surface area contributed by atoms with E-state index in [1.807, 2.05) is 74.5 Å². The highest BCUT2D eigenvalue weighted by molar-refractivity contribution is 7.99. The van der Waals surface area contributed by atoms with E-state index in [-0.39, 0.29) is 17.2 Å². The number of ether oxygens (including phenoxy) is 1. The first kappa shape index (κ1) is 23.6. The minimum Gasteiger partial charge on any atom is -0.496 e. The van der Waals surface area contributed by atoms with Crippen LogP contribution in [0.1, 0.15) is 16.7 Å². The molecule has 6 nitrogen and oxygen atoms in total. The number of hydrogen-bond donors (Lipinski definition) is 1. The number of hydrogen-bond acceptors (Lipinski definition) is 5. The van der Waals surface area contributed by atoms with Crippen LogP contribution >= 0.6 is 11.8 Å². The number of nitrogens with one attached hydrogen (secondary N) is 1. The van der Waals surface area contributed by atoms with Crippen molar-refractivity contribution in [3.63, 3.8) is 0 Å². The number of fused-ring (bicyclic) bond motifs is 1. The number of aromatic nitrogens is 2. The zero-order chi connectivity index (χ0) is 24.1. The molecular weight excluding hydrogens is 446 g/mol. The molecule has 0 bridgehead atoms. The van der Waals surface area contributed by atoms with Gasteiger partial charge in [-0.05, 0) is 61.2 Å². The van der Waals surface area contributed by atoms with Gasteiger partial charge in [-0.1, -0.05) is 54.2 Å². The van der Waals surface area contributed by atoms with Crippen LogP contribution in [-0.2, 0) is 11.2 Å². The third-order valence-corrected chi connectivity index (χ3v) is 6.53. The molecule has 0 radical (unpaired) electrons. The minimum absolute atomic E-state index is 0.116.